The fourth-order valence-electron chi connectivity index (χ4n) is 2.54. The predicted molar refractivity (Wildman–Crippen MR) is 107 cm³/mol. The molecule has 1 aliphatic rings. The van der Waals surface area contributed by atoms with Crippen LogP contribution in [-0.2, 0) is 21.7 Å². The minimum Gasteiger partial charge on any atom is -1.00 e. The number of piperidine rings is 1. The first kappa shape index (κ1) is 30.8. The molecule has 6 heteroatoms. The van der Waals surface area contributed by atoms with E-state index in [1.54, 1.807) is 0 Å². The van der Waals surface area contributed by atoms with E-state index in [-0.39, 0.29) is 52.1 Å². The molecule has 0 aromatic heterocycles. The average Bonchev–Trinajstić information content (AvgIpc) is 2.91. The van der Waals surface area contributed by atoms with E-state index in [0.717, 1.165) is 9.52 Å². The third kappa shape index (κ3) is 12.5. The van der Waals surface area contributed by atoms with Gasteiger partial charge in [-0.25, -0.2) is 0 Å². The summed E-state index contributed by atoms with van der Waals surface area (Å²) in [4.78, 5) is 2.53. The molecule has 0 spiro atoms. The Bertz CT molecular complexity index is 558. The fourth-order valence-corrected chi connectivity index (χ4v) is 2.54. The van der Waals surface area contributed by atoms with Crippen LogP contribution in [0.15, 0.2) is 36.4 Å². The van der Waals surface area contributed by atoms with Gasteiger partial charge in [0.2, 0.25) is 0 Å². The molecule has 2 radical (unpaired) electrons. The Labute approximate surface area is 190 Å². The summed E-state index contributed by atoms with van der Waals surface area (Å²) in [5.74, 6) is 0. The van der Waals surface area contributed by atoms with Crippen molar-refractivity contribution < 1.29 is 46.5 Å². The van der Waals surface area contributed by atoms with Crippen LogP contribution in [0.5, 0.6) is 0 Å². The van der Waals surface area contributed by atoms with Gasteiger partial charge in [-0.15, -0.1) is 46.6 Å². The van der Waals surface area contributed by atoms with E-state index in [1.807, 2.05) is 20.8 Å². The normalized spacial score (nSPS) is 12.9. The molecule has 1 aliphatic heterocycles. The molecular weight excluding hydrogens is 415 g/mol. The smallest absolute Gasteiger partial charge is 1.00 e. The van der Waals surface area contributed by atoms with Crippen molar-refractivity contribution in [3.8, 4) is 0 Å². The average molecular weight is 447 g/mol. The van der Waals surface area contributed by atoms with Gasteiger partial charge in [0.1, 0.15) is 0 Å². The Hall–Kier alpha value is 0.101. The van der Waals surface area contributed by atoms with Crippen LogP contribution in [0.4, 0.5) is 5.69 Å². The largest absolute Gasteiger partial charge is 4.00 e. The second-order valence-corrected chi connectivity index (χ2v) is 8.10. The second-order valence-electron chi connectivity index (χ2n) is 7.10. The first-order valence-electron chi connectivity index (χ1n) is 8.59. The van der Waals surface area contributed by atoms with Crippen LogP contribution in [0.1, 0.15) is 40.0 Å². The van der Waals surface area contributed by atoms with Gasteiger partial charge in [0.15, 0.2) is 0 Å². The van der Waals surface area contributed by atoms with E-state index < -0.39 is 0 Å². The quantitative estimate of drug-likeness (QED) is 0.453. The summed E-state index contributed by atoms with van der Waals surface area (Å²) < 4.78 is 0. The van der Waals surface area contributed by atoms with Gasteiger partial charge in [-0.3, -0.25) is 0 Å². The van der Waals surface area contributed by atoms with E-state index in [9.17, 15) is 0 Å². The Kier molecular flexibility index (Phi) is 19.1. The maximum atomic E-state index is 6.94. The Balaban J connectivity index is -0.000000419. The minimum atomic E-state index is -0.250. The maximum absolute atomic E-state index is 6.94. The zero-order valence-electron chi connectivity index (χ0n) is 16.7. The van der Waals surface area contributed by atoms with Gasteiger partial charge < -0.3 is 35.4 Å². The molecule has 2 aromatic carbocycles. The van der Waals surface area contributed by atoms with Crippen molar-refractivity contribution in [2.45, 2.75) is 58.7 Å². The van der Waals surface area contributed by atoms with Gasteiger partial charge in [-0.05, 0) is 12.8 Å². The molecule has 26 heavy (non-hydrogen) atoms. The Morgan fingerprint density at radius 3 is 1.96 bits per heavy atom. The van der Waals surface area contributed by atoms with Gasteiger partial charge in [0, 0.05) is 22.6 Å². The summed E-state index contributed by atoms with van der Waals surface area (Å²) in [6.45, 7) is 12.3. The second kappa shape index (κ2) is 16.1. The molecule has 0 aliphatic carbocycles. The molecule has 1 heterocycles. The molecule has 0 bridgehead atoms. The molecule has 1 N–H and O–H groups in total. The van der Waals surface area contributed by atoms with E-state index in [1.165, 1.54) is 48.8 Å². The van der Waals surface area contributed by atoms with Crippen LogP contribution >= 0.6 is 0 Å². The number of hydrogen-bond acceptors (Lipinski definition) is 1. The van der Waals surface area contributed by atoms with Gasteiger partial charge in [0.05, 0.1) is 0 Å². The van der Waals surface area contributed by atoms with Crippen LogP contribution in [-0.4, -0.2) is 28.1 Å². The summed E-state index contributed by atoms with van der Waals surface area (Å²) in [6.07, 6.45) is 4.09. The van der Waals surface area contributed by atoms with Crippen LogP contribution in [0, 0.1) is 0 Å². The number of hydrogen-bond donors (Lipinski definition) is 0. The van der Waals surface area contributed by atoms with E-state index in [4.69, 9.17) is 5.73 Å². The standard InChI is InChI=1S/C14H16N.C4H10N.C2H6Si.2ClH.Ti/c1-4-10-15(11-5-1)14-9-8-12-6-2-3-7-13(12)14;1-4(2,3)5;1-3-2;;;/h2-3,6-9H,1,4-5,10-11H2;5H,1-3H3;1-2H3;2*1H;/q2*-1;;;;+4/p-2. The fraction of sp³-hybridized carbons (Fsp3) is 0.550. The van der Waals surface area contributed by atoms with Crippen molar-refractivity contribution in [1.29, 1.82) is 0 Å². The molecule has 2 nitrogen and oxygen atoms in total. The van der Waals surface area contributed by atoms with Gasteiger partial charge in [0.25, 0.3) is 0 Å². The van der Waals surface area contributed by atoms with E-state index in [2.05, 4.69) is 54.4 Å². The van der Waals surface area contributed by atoms with Crippen molar-refractivity contribution >= 4 is 26.0 Å². The molecule has 1 fully saturated rings. The van der Waals surface area contributed by atoms with Crippen molar-refractivity contribution in [3.63, 3.8) is 0 Å². The third-order valence-electron chi connectivity index (χ3n) is 3.35. The van der Waals surface area contributed by atoms with Crippen molar-refractivity contribution in [2.75, 3.05) is 18.0 Å². The molecule has 0 saturated carbocycles. The zero-order chi connectivity index (χ0) is 17.3. The van der Waals surface area contributed by atoms with E-state index >= 15 is 0 Å². The van der Waals surface area contributed by atoms with E-state index in [0.29, 0.717) is 0 Å². The number of rotatable bonds is 1. The summed E-state index contributed by atoms with van der Waals surface area (Å²) in [5.41, 5.74) is 8.12. The zero-order valence-corrected chi connectivity index (χ0v) is 20.8. The molecule has 2 aromatic rings. The summed E-state index contributed by atoms with van der Waals surface area (Å²) >= 11 is 0. The first-order chi connectivity index (χ1) is 10.9. The third-order valence-corrected chi connectivity index (χ3v) is 3.35. The monoisotopic (exact) mass is 446 g/mol. The van der Waals surface area contributed by atoms with Crippen LogP contribution < -0.4 is 29.7 Å². The Morgan fingerprint density at radius 1 is 1.00 bits per heavy atom. The summed E-state index contributed by atoms with van der Waals surface area (Å²) in [6, 6.07) is 13.2. The number of nitrogens with zero attached hydrogens (tertiary/aromatic N) is 1. The summed E-state index contributed by atoms with van der Waals surface area (Å²) in [5, 5.41) is 2.79. The minimum absolute atomic E-state index is 0. The SMILES string of the molecule is CC(C)(C)[NH-].C[Si]C.[Cl-].[Cl-].[Ti+4].c1ccc2c(N3CCCCC3)c[cH-]c2c1. The number of fused-ring (bicyclic) bond motifs is 1. The van der Waals surface area contributed by atoms with Crippen molar-refractivity contribution in [3.05, 3.63) is 42.1 Å². The van der Waals surface area contributed by atoms with Gasteiger partial charge in [-0.1, -0.05) is 52.0 Å². The summed E-state index contributed by atoms with van der Waals surface area (Å²) in [7, 11) is 1.08. The molecule has 0 unspecified atom stereocenters. The molecular formula is C20H32Cl2N2SiTi. The van der Waals surface area contributed by atoms with Gasteiger partial charge in [-0.2, -0.15) is 0 Å². The molecule has 144 valence electrons. The van der Waals surface area contributed by atoms with Crippen molar-refractivity contribution in [1.82, 2.24) is 0 Å². The van der Waals surface area contributed by atoms with Gasteiger partial charge >= 0.3 is 21.7 Å². The molecule has 1 saturated heterocycles. The molecule has 0 atom stereocenters. The van der Waals surface area contributed by atoms with Crippen molar-refractivity contribution in [2.24, 2.45) is 0 Å². The maximum Gasteiger partial charge on any atom is 4.00 e. The van der Waals surface area contributed by atoms with Crippen LogP contribution in [0.3, 0.4) is 0 Å². The Morgan fingerprint density at radius 2 is 1.46 bits per heavy atom. The number of nitrogens with one attached hydrogen (secondary N) is 1. The topological polar surface area (TPSA) is 27.0 Å². The first-order valence-corrected chi connectivity index (χ1v) is 10.6. The molecule has 3 rings (SSSR count). The predicted octanol–water partition coefficient (Wildman–Crippen LogP) is 0.178. The van der Waals surface area contributed by atoms with Crippen LogP contribution in [0.2, 0.25) is 13.1 Å². The number of anilines is 1. The van der Waals surface area contributed by atoms with Crippen LogP contribution in [0.25, 0.3) is 16.5 Å². The molecule has 0 amide bonds. The number of halogens is 2. The number of benzene rings is 1.